The van der Waals surface area contributed by atoms with Gasteiger partial charge in [-0.15, -0.1) is 21.5 Å². The summed E-state index contributed by atoms with van der Waals surface area (Å²) < 4.78 is 14.5. The predicted octanol–water partition coefficient (Wildman–Crippen LogP) is 3.52. The van der Waals surface area contributed by atoms with Crippen molar-refractivity contribution < 1.29 is 19.1 Å². The van der Waals surface area contributed by atoms with Crippen LogP contribution in [0.25, 0.3) is 0 Å². The molecule has 1 aromatic carbocycles. The zero-order valence-corrected chi connectivity index (χ0v) is 14.6. The van der Waals surface area contributed by atoms with E-state index in [1.807, 2.05) is 0 Å². The topological polar surface area (TPSA) is 83.4 Å². The number of halogens is 1. The number of carbonyl (C=O) groups is 2. The standard InChI is InChI=1S/C17H10FN3O3S2/c18-10-5-2-1-4-9(10)13-12(14(22)11-6-3-7-25-11)15(23)16(24)21(13)17-20-19-8-26-17/h1-8,13,23H/t13-/m1/s1. The van der Waals surface area contributed by atoms with Crippen LogP contribution >= 0.6 is 22.7 Å². The van der Waals surface area contributed by atoms with Crippen molar-refractivity contribution in [3.05, 3.63) is 74.9 Å². The second-order valence-electron chi connectivity index (χ2n) is 5.39. The zero-order chi connectivity index (χ0) is 18.3. The molecule has 1 atom stereocenters. The summed E-state index contributed by atoms with van der Waals surface area (Å²) in [7, 11) is 0. The lowest BCUT2D eigenvalue weighted by Gasteiger charge is -2.24. The number of nitrogens with zero attached hydrogens (tertiary/aromatic N) is 3. The maximum Gasteiger partial charge on any atom is 0.296 e. The molecule has 3 aromatic rings. The van der Waals surface area contributed by atoms with Crippen LogP contribution in [0.3, 0.4) is 0 Å². The predicted molar refractivity (Wildman–Crippen MR) is 94.8 cm³/mol. The summed E-state index contributed by atoms with van der Waals surface area (Å²) in [4.78, 5) is 27.1. The Morgan fingerprint density at radius 3 is 2.65 bits per heavy atom. The largest absolute Gasteiger partial charge is 0.503 e. The van der Waals surface area contributed by atoms with Gasteiger partial charge in [-0.3, -0.25) is 14.5 Å². The first-order chi connectivity index (χ1) is 12.6. The number of rotatable bonds is 4. The molecule has 6 nitrogen and oxygen atoms in total. The van der Waals surface area contributed by atoms with E-state index in [-0.39, 0.29) is 16.3 Å². The van der Waals surface area contributed by atoms with Gasteiger partial charge in [-0.05, 0) is 17.5 Å². The van der Waals surface area contributed by atoms with Crippen molar-refractivity contribution in [2.24, 2.45) is 0 Å². The second-order valence-corrected chi connectivity index (χ2v) is 7.15. The lowest BCUT2D eigenvalue weighted by Crippen LogP contribution is -2.31. The van der Waals surface area contributed by atoms with Crippen molar-refractivity contribution in [1.82, 2.24) is 10.2 Å². The Morgan fingerprint density at radius 1 is 1.19 bits per heavy atom. The lowest BCUT2D eigenvalue weighted by molar-refractivity contribution is -0.117. The monoisotopic (exact) mass is 387 g/mol. The van der Waals surface area contributed by atoms with E-state index in [0.29, 0.717) is 4.88 Å². The number of hydrogen-bond donors (Lipinski definition) is 1. The second kappa shape index (κ2) is 6.43. The normalized spacial score (nSPS) is 17.2. The van der Waals surface area contributed by atoms with Crippen LogP contribution < -0.4 is 4.90 Å². The van der Waals surface area contributed by atoms with Gasteiger partial charge in [0.25, 0.3) is 5.91 Å². The molecule has 0 bridgehead atoms. The summed E-state index contributed by atoms with van der Waals surface area (Å²) in [5.74, 6) is -2.63. The molecular formula is C17H10FN3O3S2. The molecule has 1 aliphatic heterocycles. The number of aromatic nitrogens is 2. The van der Waals surface area contributed by atoms with E-state index >= 15 is 0 Å². The van der Waals surface area contributed by atoms with Crippen molar-refractivity contribution in [3.63, 3.8) is 0 Å². The van der Waals surface area contributed by atoms with Gasteiger partial charge in [-0.1, -0.05) is 35.6 Å². The molecule has 1 amide bonds. The van der Waals surface area contributed by atoms with Gasteiger partial charge < -0.3 is 5.11 Å². The van der Waals surface area contributed by atoms with E-state index in [9.17, 15) is 19.1 Å². The van der Waals surface area contributed by atoms with Crippen LogP contribution in [0.5, 0.6) is 0 Å². The Balaban J connectivity index is 1.91. The number of thiophene rings is 1. The Bertz CT molecular complexity index is 1020. The molecule has 130 valence electrons. The summed E-state index contributed by atoms with van der Waals surface area (Å²) in [5, 5.41) is 19.8. The Morgan fingerprint density at radius 2 is 2.00 bits per heavy atom. The first kappa shape index (κ1) is 16.6. The van der Waals surface area contributed by atoms with Gasteiger partial charge >= 0.3 is 0 Å². The highest BCUT2D eigenvalue weighted by atomic mass is 32.1. The van der Waals surface area contributed by atoms with Crippen LogP contribution in [-0.4, -0.2) is 27.0 Å². The number of carbonyl (C=O) groups excluding carboxylic acids is 2. The summed E-state index contributed by atoms with van der Waals surface area (Å²) in [6, 6.07) is 7.98. The number of anilines is 1. The van der Waals surface area contributed by atoms with Crippen LogP contribution in [-0.2, 0) is 4.79 Å². The summed E-state index contributed by atoms with van der Waals surface area (Å²) in [6.07, 6.45) is 0. The quantitative estimate of drug-likeness (QED) is 0.693. The number of ketones is 1. The summed E-state index contributed by atoms with van der Waals surface area (Å²) in [5.41, 5.74) is 1.34. The van der Waals surface area contributed by atoms with Gasteiger partial charge in [0.2, 0.25) is 10.9 Å². The minimum Gasteiger partial charge on any atom is -0.503 e. The van der Waals surface area contributed by atoms with Gasteiger partial charge in [0.15, 0.2) is 5.76 Å². The molecule has 0 aliphatic carbocycles. The molecule has 0 spiro atoms. The van der Waals surface area contributed by atoms with Crippen LogP contribution in [0.15, 0.2) is 58.6 Å². The van der Waals surface area contributed by atoms with E-state index in [2.05, 4.69) is 10.2 Å². The first-order valence-corrected chi connectivity index (χ1v) is 9.21. The molecule has 0 saturated carbocycles. The maximum absolute atomic E-state index is 14.5. The van der Waals surface area contributed by atoms with Crippen molar-refractivity contribution in [1.29, 1.82) is 0 Å². The Hall–Kier alpha value is -2.91. The molecule has 0 radical (unpaired) electrons. The van der Waals surface area contributed by atoms with Crippen molar-refractivity contribution >= 4 is 39.5 Å². The SMILES string of the molecule is O=C(C1=C(O)C(=O)N(c2nncs2)[C@@H]1c1ccccc1F)c1cccs1. The molecule has 2 aromatic heterocycles. The van der Waals surface area contributed by atoms with Gasteiger partial charge in [-0.25, -0.2) is 4.39 Å². The highest BCUT2D eigenvalue weighted by molar-refractivity contribution is 7.13. The fraction of sp³-hybridized carbons (Fsp3) is 0.0588. The third kappa shape index (κ3) is 2.52. The molecule has 4 rings (SSSR count). The summed E-state index contributed by atoms with van der Waals surface area (Å²) >= 11 is 2.23. The van der Waals surface area contributed by atoms with E-state index < -0.39 is 29.3 Å². The number of hydrogen-bond acceptors (Lipinski definition) is 7. The van der Waals surface area contributed by atoms with Gasteiger partial charge in [0.05, 0.1) is 10.5 Å². The van der Waals surface area contributed by atoms with Crippen molar-refractivity contribution in [2.75, 3.05) is 4.90 Å². The number of Topliss-reactive ketones (excluding diaryl/α,β-unsaturated/α-hetero) is 1. The summed E-state index contributed by atoms with van der Waals surface area (Å²) in [6.45, 7) is 0. The van der Waals surface area contributed by atoms with E-state index in [1.165, 1.54) is 35.0 Å². The zero-order valence-electron chi connectivity index (χ0n) is 13.0. The molecule has 1 N–H and O–H groups in total. The minimum atomic E-state index is -1.12. The minimum absolute atomic E-state index is 0.0972. The molecule has 26 heavy (non-hydrogen) atoms. The molecule has 1 aliphatic rings. The van der Waals surface area contributed by atoms with Crippen LogP contribution in [0, 0.1) is 5.82 Å². The molecule has 0 unspecified atom stereocenters. The smallest absolute Gasteiger partial charge is 0.296 e. The lowest BCUT2D eigenvalue weighted by atomic mass is 9.95. The van der Waals surface area contributed by atoms with Crippen molar-refractivity contribution in [3.8, 4) is 0 Å². The van der Waals surface area contributed by atoms with Crippen LogP contribution in [0.1, 0.15) is 21.3 Å². The molecule has 0 saturated heterocycles. The molecule has 3 heterocycles. The number of aliphatic hydroxyl groups excluding tert-OH is 1. The van der Waals surface area contributed by atoms with E-state index in [0.717, 1.165) is 16.2 Å². The highest BCUT2D eigenvalue weighted by Gasteiger charge is 2.46. The first-order valence-electron chi connectivity index (χ1n) is 7.45. The number of benzene rings is 1. The van der Waals surface area contributed by atoms with Gasteiger partial charge in [0, 0.05) is 5.56 Å². The fourth-order valence-corrected chi connectivity index (χ4v) is 4.10. The van der Waals surface area contributed by atoms with Gasteiger partial charge in [0.1, 0.15) is 17.4 Å². The molecule has 9 heteroatoms. The van der Waals surface area contributed by atoms with E-state index in [4.69, 9.17) is 0 Å². The average molecular weight is 387 g/mol. The fourth-order valence-electron chi connectivity index (χ4n) is 2.84. The molecule has 0 fully saturated rings. The van der Waals surface area contributed by atoms with Crippen molar-refractivity contribution in [2.45, 2.75) is 6.04 Å². The number of amides is 1. The third-order valence-electron chi connectivity index (χ3n) is 3.95. The number of aliphatic hydroxyl groups is 1. The van der Waals surface area contributed by atoms with E-state index in [1.54, 1.807) is 23.6 Å². The Kier molecular flexibility index (Phi) is 4.09. The third-order valence-corrected chi connectivity index (χ3v) is 5.51. The van der Waals surface area contributed by atoms with Crippen LogP contribution in [0.4, 0.5) is 9.52 Å². The Labute approximate surface area is 154 Å². The maximum atomic E-state index is 14.5. The average Bonchev–Trinajstić information content (AvgIpc) is 3.37. The van der Waals surface area contributed by atoms with Gasteiger partial charge in [-0.2, -0.15) is 0 Å². The highest BCUT2D eigenvalue weighted by Crippen LogP contribution is 2.43. The molecular weight excluding hydrogens is 377 g/mol. The van der Waals surface area contributed by atoms with Crippen LogP contribution in [0.2, 0.25) is 0 Å².